The highest BCUT2D eigenvalue weighted by molar-refractivity contribution is 7.99. The summed E-state index contributed by atoms with van der Waals surface area (Å²) in [6.45, 7) is 7.38. The van der Waals surface area contributed by atoms with Crippen molar-refractivity contribution in [1.82, 2.24) is 0 Å². The van der Waals surface area contributed by atoms with Crippen molar-refractivity contribution in [2.24, 2.45) is 0 Å². The Morgan fingerprint density at radius 1 is 0.854 bits per heavy atom. The lowest BCUT2D eigenvalue weighted by molar-refractivity contribution is -0.158. The maximum atomic E-state index is 13.0. The summed E-state index contributed by atoms with van der Waals surface area (Å²) in [7, 11) is 0. The molecule has 4 rings (SSSR count). The van der Waals surface area contributed by atoms with Crippen molar-refractivity contribution in [2.45, 2.75) is 56.0 Å². The molecule has 0 heterocycles. The average molecular weight is 579 g/mol. The van der Waals surface area contributed by atoms with Crippen molar-refractivity contribution in [2.75, 3.05) is 6.61 Å². The standard InChI is InChI=1S/C34H33F3O3S/c1-5-39-32(38)33(3,4)40-30-20-19-29(21-23(30)2)41-31(22-24-9-7-6-8-10-24)27-13-11-25(12-14-27)26-15-17-28(18-16-26)34(35,36)37/h6-21,31H,5,22H2,1-4H3. The molecule has 0 radical (unpaired) electrons. The van der Waals surface area contributed by atoms with E-state index in [9.17, 15) is 18.0 Å². The van der Waals surface area contributed by atoms with E-state index in [2.05, 4.69) is 18.2 Å². The zero-order valence-corrected chi connectivity index (χ0v) is 24.3. The molecule has 0 saturated carbocycles. The lowest BCUT2D eigenvalue weighted by atomic mass is 9.99. The number of rotatable bonds is 10. The van der Waals surface area contributed by atoms with Gasteiger partial charge in [-0.1, -0.05) is 66.7 Å². The molecule has 0 fully saturated rings. The second-order valence-corrected chi connectivity index (χ2v) is 11.5. The first-order chi connectivity index (χ1) is 19.5. The Kier molecular flexibility index (Phi) is 9.49. The molecule has 0 aromatic heterocycles. The Hall–Kier alpha value is -3.71. The minimum absolute atomic E-state index is 0.0844. The third kappa shape index (κ3) is 7.94. The van der Waals surface area contributed by atoms with Crippen LogP contribution in [0.25, 0.3) is 11.1 Å². The van der Waals surface area contributed by atoms with Gasteiger partial charge in [0.05, 0.1) is 12.2 Å². The number of ether oxygens (including phenoxy) is 2. The molecule has 0 saturated heterocycles. The third-order valence-electron chi connectivity index (χ3n) is 6.65. The van der Waals surface area contributed by atoms with Crippen LogP contribution in [-0.4, -0.2) is 18.2 Å². The Morgan fingerprint density at radius 2 is 1.46 bits per heavy atom. The lowest BCUT2D eigenvalue weighted by Crippen LogP contribution is -2.39. The molecule has 3 nitrogen and oxygen atoms in total. The first-order valence-corrected chi connectivity index (χ1v) is 14.3. The molecule has 0 spiro atoms. The zero-order valence-electron chi connectivity index (χ0n) is 23.5. The van der Waals surface area contributed by atoms with E-state index in [1.165, 1.54) is 17.7 Å². The Morgan fingerprint density at radius 3 is 2.02 bits per heavy atom. The van der Waals surface area contributed by atoms with Gasteiger partial charge in [-0.15, -0.1) is 11.8 Å². The number of alkyl halides is 3. The van der Waals surface area contributed by atoms with E-state index in [4.69, 9.17) is 9.47 Å². The summed E-state index contributed by atoms with van der Waals surface area (Å²) in [5.74, 6) is 0.202. The monoisotopic (exact) mass is 578 g/mol. The van der Waals surface area contributed by atoms with Gasteiger partial charge < -0.3 is 9.47 Å². The van der Waals surface area contributed by atoms with Crippen LogP contribution in [0, 0.1) is 6.92 Å². The third-order valence-corrected chi connectivity index (χ3v) is 7.90. The number of carbonyl (C=O) groups excluding carboxylic acids is 1. The molecule has 1 atom stereocenters. The largest absolute Gasteiger partial charge is 0.476 e. The van der Waals surface area contributed by atoms with Crippen molar-refractivity contribution < 1.29 is 27.4 Å². The quantitative estimate of drug-likeness (QED) is 0.139. The van der Waals surface area contributed by atoms with Crippen LogP contribution in [0.2, 0.25) is 0 Å². The van der Waals surface area contributed by atoms with E-state index in [0.717, 1.165) is 45.7 Å². The van der Waals surface area contributed by atoms with Gasteiger partial charge in [-0.25, -0.2) is 4.79 Å². The molecule has 0 aliphatic rings. The van der Waals surface area contributed by atoms with Crippen LogP contribution >= 0.6 is 11.8 Å². The number of halogens is 3. The predicted octanol–water partition coefficient (Wildman–Crippen LogP) is 9.48. The van der Waals surface area contributed by atoms with Gasteiger partial charge in [0.1, 0.15) is 5.75 Å². The highest BCUT2D eigenvalue weighted by Crippen LogP contribution is 2.40. The summed E-state index contributed by atoms with van der Waals surface area (Å²) in [5.41, 5.74) is 3.03. The molecular formula is C34H33F3O3S. The zero-order chi connectivity index (χ0) is 29.6. The summed E-state index contributed by atoms with van der Waals surface area (Å²) in [6, 6.07) is 29.4. The number of hydrogen-bond donors (Lipinski definition) is 0. The number of hydrogen-bond acceptors (Lipinski definition) is 4. The summed E-state index contributed by atoms with van der Waals surface area (Å²) >= 11 is 1.73. The molecular weight excluding hydrogens is 545 g/mol. The number of carbonyl (C=O) groups is 1. The summed E-state index contributed by atoms with van der Waals surface area (Å²) < 4.78 is 50.1. The van der Waals surface area contributed by atoms with E-state index in [1.54, 1.807) is 32.5 Å². The van der Waals surface area contributed by atoms with Gasteiger partial charge in [-0.3, -0.25) is 0 Å². The molecule has 0 N–H and O–H groups in total. The fourth-order valence-electron chi connectivity index (χ4n) is 4.39. The van der Waals surface area contributed by atoms with E-state index in [1.807, 2.05) is 61.5 Å². The van der Waals surface area contributed by atoms with E-state index in [0.29, 0.717) is 5.75 Å². The van der Waals surface area contributed by atoms with Crippen LogP contribution in [0.5, 0.6) is 5.75 Å². The van der Waals surface area contributed by atoms with Gasteiger partial charge in [0.15, 0.2) is 5.60 Å². The SMILES string of the molecule is CCOC(=O)C(C)(C)Oc1ccc(SC(Cc2ccccc2)c2ccc(-c3ccc(C(F)(F)F)cc3)cc2)cc1C. The van der Waals surface area contributed by atoms with Crippen molar-refractivity contribution >= 4 is 17.7 Å². The number of esters is 1. The summed E-state index contributed by atoms with van der Waals surface area (Å²) in [6.07, 6.45) is -3.57. The Bertz CT molecular complexity index is 1450. The summed E-state index contributed by atoms with van der Waals surface area (Å²) in [4.78, 5) is 13.3. The van der Waals surface area contributed by atoms with Crippen LogP contribution in [0.15, 0.2) is 102 Å². The number of benzene rings is 4. The molecule has 0 aliphatic heterocycles. The van der Waals surface area contributed by atoms with Crippen LogP contribution in [0.4, 0.5) is 13.2 Å². The second kappa shape index (κ2) is 12.9. The minimum Gasteiger partial charge on any atom is -0.476 e. The molecule has 4 aromatic rings. The van der Waals surface area contributed by atoms with Gasteiger partial charge in [0.25, 0.3) is 0 Å². The lowest BCUT2D eigenvalue weighted by Gasteiger charge is -2.25. The van der Waals surface area contributed by atoms with Crippen LogP contribution in [0.3, 0.4) is 0 Å². The van der Waals surface area contributed by atoms with Crippen molar-refractivity contribution in [3.8, 4) is 16.9 Å². The van der Waals surface area contributed by atoms with Gasteiger partial charge in [0.2, 0.25) is 0 Å². The smallest absolute Gasteiger partial charge is 0.416 e. The minimum atomic E-state index is -4.36. The molecule has 7 heteroatoms. The highest BCUT2D eigenvalue weighted by atomic mass is 32.2. The molecule has 0 amide bonds. The molecule has 1 unspecified atom stereocenters. The van der Waals surface area contributed by atoms with E-state index < -0.39 is 23.3 Å². The molecule has 41 heavy (non-hydrogen) atoms. The van der Waals surface area contributed by atoms with Gasteiger partial charge >= 0.3 is 12.1 Å². The second-order valence-electron chi connectivity index (χ2n) is 10.3. The maximum absolute atomic E-state index is 13.0. The van der Waals surface area contributed by atoms with Crippen LogP contribution in [-0.2, 0) is 22.1 Å². The first-order valence-electron chi connectivity index (χ1n) is 13.4. The fourth-order valence-corrected chi connectivity index (χ4v) is 5.68. The molecule has 4 aromatic carbocycles. The molecule has 0 bridgehead atoms. The molecule has 0 aliphatic carbocycles. The van der Waals surface area contributed by atoms with Gasteiger partial charge in [0, 0.05) is 10.1 Å². The van der Waals surface area contributed by atoms with Crippen molar-refractivity contribution in [3.63, 3.8) is 0 Å². The van der Waals surface area contributed by atoms with Gasteiger partial charge in [-0.2, -0.15) is 13.2 Å². The Labute approximate surface area is 243 Å². The van der Waals surface area contributed by atoms with Crippen LogP contribution in [0.1, 0.15) is 48.3 Å². The highest BCUT2D eigenvalue weighted by Gasteiger charge is 2.32. The first kappa shape index (κ1) is 30.3. The maximum Gasteiger partial charge on any atom is 0.416 e. The summed E-state index contributed by atoms with van der Waals surface area (Å²) in [5, 5.41) is 0.0844. The van der Waals surface area contributed by atoms with Crippen molar-refractivity contribution in [3.05, 3.63) is 119 Å². The Balaban J connectivity index is 1.56. The molecule has 214 valence electrons. The van der Waals surface area contributed by atoms with Gasteiger partial charge in [-0.05, 0) is 92.3 Å². The fraction of sp³-hybridized carbons (Fsp3) is 0.265. The topological polar surface area (TPSA) is 35.5 Å². The van der Waals surface area contributed by atoms with E-state index in [-0.39, 0.29) is 11.9 Å². The predicted molar refractivity (Wildman–Crippen MR) is 158 cm³/mol. The normalized spacial score (nSPS) is 12.6. The number of thioether (sulfide) groups is 1. The van der Waals surface area contributed by atoms with E-state index >= 15 is 0 Å². The van der Waals surface area contributed by atoms with Crippen molar-refractivity contribution in [1.29, 1.82) is 0 Å². The number of aryl methyl sites for hydroxylation is 1. The van der Waals surface area contributed by atoms with Crippen LogP contribution < -0.4 is 4.74 Å². The average Bonchev–Trinajstić information content (AvgIpc) is 2.94.